The van der Waals surface area contributed by atoms with Crippen LogP contribution in [0, 0.1) is 0 Å². The van der Waals surface area contributed by atoms with Crippen molar-refractivity contribution in [3.05, 3.63) is 86.0 Å². The molecular weight excluding hydrogens is 465 g/mol. The van der Waals surface area contributed by atoms with Crippen LogP contribution >= 0.6 is 34.5 Å². The number of anilines is 1. The minimum Gasteiger partial charge on any atom is -0.350 e. The summed E-state index contributed by atoms with van der Waals surface area (Å²) >= 11 is 13.8. The maximum atomic E-state index is 12.9. The molecule has 4 rings (SSSR count). The van der Waals surface area contributed by atoms with E-state index >= 15 is 0 Å². The second-order valence-corrected chi connectivity index (χ2v) is 9.44. The van der Waals surface area contributed by atoms with Gasteiger partial charge in [-0.15, -0.1) is 11.3 Å². The molecule has 0 saturated carbocycles. The van der Waals surface area contributed by atoms with E-state index in [1.54, 1.807) is 24.3 Å². The van der Waals surface area contributed by atoms with E-state index < -0.39 is 0 Å². The van der Waals surface area contributed by atoms with Gasteiger partial charge in [0.1, 0.15) is 0 Å². The molecule has 1 unspecified atom stereocenters. The standard InChI is InChI=1S/C24H23Cl2N3O2S/c25-18-6-3-5-16(13-18)21(29-10-1-2-11-29)15-27-23(30)17-8-9-19(26)20(14-17)28-24(31)22-7-4-12-32-22/h3-9,12-14,21H,1-2,10-11,15H2,(H,27,30)(H,28,31). The fourth-order valence-corrected chi connectivity index (χ4v) is 4.85. The number of rotatable bonds is 7. The Bertz CT molecular complexity index is 1100. The average Bonchev–Trinajstić information content (AvgIpc) is 3.50. The predicted octanol–water partition coefficient (Wildman–Crippen LogP) is 5.87. The van der Waals surface area contributed by atoms with Crippen LogP contribution in [-0.2, 0) is 0 Å². The summed E-state index contributed by atoms with van der Waals surface area (Å²) in [6, 6.07) is 16.3. The Kier molecular flexibility index (Phi) is 7.48. The third-order valence-corrected chi connectivity index (χ3v) is 6.93. The van der Waals surface area contributed by atoms with Crippen molar-refractivity contribution in [2.45, 2.75) is 18.9 Å². The number of likely N-dealkylation sites (tertiary alicyclic amines) is 1. The molecule has 2 amide bonds. The Balaban J connectivity index is 1.47. The van der Waals surface area contributed by atoms with Crippen molar-refractivity contribution in [3.8, 4) is 0 Å². The second-order valence-electron chi connectivity index (χ2n) is 7.65. The first-order chi connectivity index (χ1) is 15.5. The summed E-state index contributed by atoms with van der Waals surface area (Å²) in [5.74, 6) is -0.478. The molecule has 8 heteroatoms. The number of nitrogens with one attached hydrogen (secondary N) is 2. The number of benzene rings is 2. The number of halogens is 2. The molecule has 166 valence electrons. The third-order valence-electron chi connectivity index (χ3n) is 5.49. The number of hydrogen-bond acceptors (Lipinski definition) is 4. The molecule has 1 saturated heterocycles. The highest BCUT2D eigenvalue weighted by Crippen LogP contribution is 2.27. The van der Waals surface area contributed by atoms with Gasteiger partial charge < -0.3 is 10.6 Å². The summed E-state index contributed by atoms with van der Waals surface area (Å²) < 4.78 is 0. The van der Waals surface area contributed by atoms with Crippen LogP contribution in [0.3, 0.4) is 0 Å². The van der Waals surface area contributed by atoms with Gasteiger partial charge in [0, 0.05) is 17.1 Å². The molecule has 2 heterocycles. The molecular formula is C24H23Cl2N3O2S. The zero-order chi connectivity index (χ0) is 22.5. The van der Waals surface area contributed by atoms with E-state index in [9.17, 15) is 9.59 Å². The molecule has 1 aliphatic rings. The zero-order valence-corrected chi connectivity index (χ0v) is 19.6. The Labute approximate surface area is 201 Å². The summed E-state index contributed by atoms with van der Waals surface area (Å²) in [6.45, 7) is 2.44. The monoisotopic (exact) mass is 487 g/mol. The first-order valence-electron chi connectivity index (χ1n) is 10.4. The fraction of sp³-hybridized carbons (Fsp3) is 0.250. The molecule has 0 radical (unpaired) electrons. The number of carbonyl (C=O) groups is 2. The normalized spacial score (nSPS) is 14.8. The van der Waals surface area contributed by atoms with Gasteiger partial charge in [0.25, 0.3) is 11.8 Å². The Morgan fingerprint density at radius 1 is 1.00 bits per heavy atom. The van der Waals surface area contributed by atoms with E-state index in [4.69, 9.17) is 23.2 Å². The van der Waals surface area contributed by atoms with Crippen molar-refractivity contribution < 1.29 is 9.59 Å². The lowest BCUT2D eigenvalue weighted by atomic mass is 10.1. The first kappa shape index (κ1) is 22.8. The zero-order valence-electron chi connectivity index (χ0n) is 17.3. The highest BCUT2D eigenvalue weighted by molar-refractivity contribution is 7.12. The Morgan fingerprint density at radius 3 is 2.53 bits per heavy atom. The SMILES string of the molecule is O=C(NCC(c1cccc(Cl)c1)N1CCCC1)c1ccc(Cl)c(NC(=O)c2cccs2)c1. The molecule has 1 aromatic heterocycles. The third kappa shape index (κ3) is 5.51. The molecule has 0 bridgehead atoms. The molecule has 0 aliphatic carbocycles. The molecule has 1 fully saturated rings. The molecule has 1 aliphatic heterocycles. The van der Waals surface area contributed by atoms with Crippen LogP contribution in [0.1, 0.15) is 44.5 Å². The van der Waals surface area contributed by atoms with Gasteiger partial charge in [0.15, 0.2) is 0 Å². The Morgan fingerprint density at radius 2 is 1.81 bits per heavy atom. The van der Waals surface area contributed by atoms with E-state index in [1.165, 1.54) is 11.3 Å². The van der Waals surface area contributed by atoms with Gasteiger partial charge in [-0.05, 0) is 73.3 Å². The van der Waals surface area contributed by atoms with Crippen molar-refractivity contribution in [2.24, 2.45) is 0 Å². The smallest absolute Gasteiger partial charge is 0.265 e. The summed E-state index contributed by atoms with van der Waals surface area (Å²) in [6.07, 6.45) is 2.30. The van der Waals surface area contributed by atoms with Crippen molar-refractivity contribution in [2.75, 3.05) is 25.0 Å². The van der Waals surface area contributed by atoms with Crippen molar-refractivity contribution in [3.63, 3.8) is 0 Å². The maximum absolute atomic E-state index is 12.9. The molecule has 2 aromatic carbocycles. The topological polar surface area (TPSA) is 61.4 Å². The summed E-state index contributed by atoms with van der Waals surface area (Å²) in [7, 11) is 0. The number of carbonyl (C=O) groups excluding carboxylic acids is 2. The molecule has 0 spiro atoms. The highest BCUT2D eigenvalue weighted by atomic mass is 35.5. The van der Waals surface area contributed by atoms with Gasteiger partial charge in [0.2, 0.25) is 0 Å². The van der Waals surface area contributed by atoms with Gasteiger partial charge in [-0.2, -0.15) is 0 Å². The maximum Gasteiger partial charge on any atom is 0.265 e. The van der Waals surface area contributed by atoms with Crippen LogP contribution in [-0.4, -0.2) is 36.3 Å². The van der Waals surface area contributed by atoms with Crippen molar-refractivity contribution in [1.29, 1.82) is 0 Å². The number of thiophene rings is 1. The molecule has 2 N–H and O–H groups in total. The van der Waals surface area contributed by atoms with Crippen LogP contribution in [0.2, 0.25) is 10.0 Å². The minimum absolute atomic E-state index is 0.0467. The predicted molar refractivity (Wildman–Crippen MR) is 131 cm³/mol. The summed E-state index contributed by atoms with van der Waals surface area (Å²) in [5, 5.41) is 8.72. The van der Waals surface area contributed by atoms with Gasteiger partial charge in [0.05, 0.1) is 21.6 Å². The van der Waals surface area contributed by atoms with E-state index in [1.807, 2.05) is 35.7 Å². The van der Waals surface area contributed by atoms with Crippen LogP contribution in [0.15, 0.2) is 60.0 Å². The van der Waals surface area contributed by atoms with Gasteiger partial charge in [-0.25, -0.2) is 0 Å². The van der Waals surface area contributed by atoms with Crippen molar-refractivity contribution in [1.82, 2.24) is 10.2 Å². The Hall–Kier alpha value is -2.38. The lowest BCUT2D eigenvalue weighted by Gasteiger charge is -2.28. The van der Waals surface area contributed by atoms with E-state index in [0.717, 1.165) is 31.5 Å². The molecule has 1 atom stereocenters. The number of amides is 2. The summed E-state index contributed by atoms with van der Waals surface area (Å²) in [4.78, 5) is 28.3. The molecule has 32 heavy (non-hydrogen) atoms. The minimum atomic E-state index is -0.255. The van der Waals surface area contributed by atoms with Gasteiger partial charge in [-0.3, -0.25) is 14.5 Å². The lowest BCUT2D eigenvalue weighted by Crippen LogP contribution is -2.36. The van der Waals surface area contributed by atoms with Crippen LogP contribution in [0.25, 0.3) is 0 Å². The van der Waals surface area contributed by atoms with Crippen LogP contribution < -0.4 is 10.6 Å². The van der Waals surface area contributed by atoms with Gasteiger partial charge >= 0.3 is 0 Å². The number of nitrogens with zero attached hydrogens (tertiary/aromatic N) is 1. The van der Waals surface area contributed by atoms with Crippen LogP contribution in [0.4, 0.5) is 5.69 Å². The second kappa shape index (κ2) is 10.5. The summed E-state index contributed by atoms with van der Waals surface area (Å²) in [5.41, 5.74) is 1.92. The first-order valence-corrected chi connectivity index (χ1v) is 12.1. The van der Waals surface area contributed by atoms with E-state index in [-0.39, 0.29) is 17.9 Å². The molecule has 5 nitrogen and oxygen atoms in total. The van der Waals surface area contributed by atoms with E-state index in [0.29, 0.717) is 32.7 Å². The largest absolute Gasteiger partial charge is 0.350 e. The molecule has 3 aromatic rings. The quantitative estimate of drug-likeness (QED) is 0.437. The highest BCUT2D eigenvalue weighted by Gasteiger charge is 2.24. The lowest BCUT2D eigenvalue weighted by molar-refractivity contribution is 0.0937. The van der Waals surface area contributed by atoms with Crippen LogP contribution in [0.5, 0.6) is 0 Å². The number of hydrogen-bond donors (Lipinski definition) is 2. The van der Waals surface area contributed by atoms with Crippen molar-refractivity contribution >= 4 is 52.0 Å². The fourth-order valence-electron chi connectivity index (χ4n) is 3.87. The van der Waals surface area contributed by atoms with E-state index in [2.05, 4.69) is 15.5 Å². The average molecular weight is 488 g/mol. The van der Waals surface area contributed by atoms with Gasteiger partial charge in [-0.1, -0.05) is 41.4 Å².